The van der Waals surface area contributed by atoms with E-state index in [1.807, 2.05) is 0 Å². The number of anilines is 1. The van der Waals surface area contributed by atoms with Crippen molar-refractivity contribution in [3.63, 3.8) is 0 Å². The number of halogens is 1. The van der Waals surface area contributed by atoms with Crippen LogP contribution < -0.4 is 4.31 Å². The number of para-hydroxylation sites is 1. The van der Waals surface area contributed by atoms with Crippen LogP contribution in [0.4, 0.5) is 5.69 Å². The van der Waals surface area contributed by atoms with Crippen LogP contribution in [0.25, 0.3) is 0 Å². The molecule has 0 aromatic heterocycles. The first-order valence-electron chi connectivity index (χ1n) is 5.93. The number of rotatable bonds is 1. The molecule has 0 radical (unpaired) electrons. The van der Waals surface area contributed by atoms with Crippen molar-refractivity contribution in [3.8, 4) is 0 Å². The molecule has 1 unspecified atom stereocenters. The lowest BCUT2D eigenvalue weighted by Crippen LogP contribution is -2.27. The van der Waals surface area contributed by atoms with Crippen LogP contribution in [0.15, 0.2) is 34.7 Å². The van der Waals surface area contributed by atoms with Crippen molar-refractivity contribution in [2.45, 2.75) is 25.7 Å². The molecule has 0 N–H and O–H groups in total. The first kappa shape index (κ1) is 11.9. The molecule has 0 bridgehead atoms. The van der Waals surface area contributed by atoms with Crippen LogP contribution >= 0.6 is 11.6 Å². The molecule has 94 valence electrons. The summed E-state index contributed by atoms with van der Waals surface area (Å²) in [4.78, 5) is 13.1. The first-order chi connectivity index (χ1) is 8.70. The van der Waals surface area contributed by atoms with Crippen LogP contribution in [-0.2, 0) is 15.8 Å². The van der Waals surface area contributed by atoms with Gasteiger partial charge in [0.1, 0.15) is 0 Å². The molecule has 1 amide bonds. The monoisotopic (exact) mass is 281 g/mol. The smallest absolute Gasteiger partial charge is 0.267 e. The molecular weight excluding hydrogens is 270 g/mol. The van der Waals surface area contributed by atoms with Gasteiger partial charge < -0.3 is 0 Å². The van der Waals surface area contributed by atoms with E-state index >= 15 is 0 Å². The van der Waals surface area contributed by atoms with E-state index < -0.39 is 11.0 Å². The van der Waals surface area contributed by atoms with Gasteiger partial charge in [-0.3, -0.25) is 4.79 Å². The van der Waals surface area contributed by atoms with Gasteiger partial charge in [0, 0.05) is 10.5 Å². The van der Waals surface area contributed by atoms with E-state index in [0.29, 0.717) is 10.7 Å². The highest BCUT2D eigenvalue weighted by Gasteiger charge is 2.39. The van der Waals surface area contributed by atoms with Crippen LogP contribution in [0.1, 0.15) is 25.7 Å². The van der Waals surface area contributed by atoms with Crippen LogP contribution in [0, 0.1) is 0 Å². The van der Waals surface area contributed by atoms with E-state index in [-0.39, 0.29) is 5.91 Å². The molecule has 0 saturated heterocycles. The number of hydrogen-bond acceptors (Lipinski definition) is 2. The third kappa shape index (κ3) is 1.71. The number of carbonyl (C=O) groups excluding carboxylic acids is 1. The lowest BCUT2D eigenvalue weighted by Gasteiger charge is -2.16. The summed E-state index contributed by atoms with van der Waals surface area (Å²) in [6, 6.07) is 7.03. The Labute approximate surface area is 113 Å². The highest BCUT2D eigenvalue weighted by atomic mass is 35.5. The summed E-state index contributed by atoms with van der Waals surface area (Å²) >= 11 is 6.09. The Bertz CT molecular complexity index is 554. The number of benzene rings is 1. The van der Waals surface area contributed by atoms with Gasteiger partial charge in [-0.2, -0.15) is 0 Å². The second-order valence-corrected chi connectivity index (χ2v) is 6.17. The van der Waals surface area contributed by atoms with Gasteiger partial charge in [-0.1, -0.05) is 23.7 Å². The number of carbonyl (C=O) groups is 1. The topological polar surface area (TPSA) is 37.4 Å². The molecule has 2 aliphatic rings. The van der Waals surface area contributed by atoms with Gasteiger partial charge in [0.2, 0.25) is 0 Å². The van der Waals surface area contributed by atoms with Gasteiger partial charge in [0.25, 0.3) is 5.91 Å². The summed E-state index contributed by atoms with van der Waals surface area (Å²) in [5.74, 6) is -0.142. The highest BCUT2D eigenvalue weighted by molar-refractivity contribution is 7.91. The molecule has 1 aliphatic carbocycles. The minimum Gasteiger partial charge on any atom is -0.268 e. The molecule has 3 nitrogen and oxygen atoms in total. The zero-order valence-electron chi connectivity index (χ0n) is 9.69. The second-order valence-electron chi connectivity index (χ2n) is 4.41. The van der Waals surface area contributed by atoms with Gasteiger partial charge in [-0.15, -0.1) is 0 Å². The Morgan fingerprint density at radius 3 is 2.61 bits per heavy atom. The molecule has 1 atom stereocenters. The van der Waals surface area contributed by atoms with Crippen LogP contribution in [0.2, 0.25) is 5.02 Å². The van der Waals surface area contributed by atoms with Crippen LogP contribution in [0.5, 0.6) is 0 Å². The number of nitrogens with zero attached hydrogens (tertiary/aromatic N) is 1. The van der Waals surface area contributed by atoms with Gasteiger partial charge >= 0.3 is 0 Å². The molecule has 3 rings (SSSR count). The van der Waals surface area contributed by atoms with Crippen LogP contribution in [-0.4, -0.2) is 10.1 Å². The predicted molar refractivity (Wildman–Crippen MR) is 72.6 cm³/mol. The Morgan fingerprint density at radius 2 is 1.89 bits per heavy atom. The average molecular weight is 282 g/mol. The summed E-state index contributed by atoms with van der Waals surface area (Å²) in [5, 5.41) is 0.457. The maximum absolute atomic E-state index is 12.4. The lowest BCUT2D eigenvalue weighted by molar-refractivity contribution is -0.114. The Balaban J connectivity index is 2.05. The van der Waals surface area contributed by atoms with E-state index in [9.17, 15) is 9.00 Å². The van der Waals surface area contributed by atoms with E-state index in [1.165, 1.54) is 4.31 Å². The fourth-order valence-corrected chi connectivity index (χ4v) is 4.23. The zero-order chi connectivity index (χ0) is 12.7. The van der Waals surface area contributed by atoms with Crippen molar-refractivity contribution in [3.05, 3.63) is 39.8 Å². The Morgan fingerprint density at radius 1 is 1.17 bits per heavy atom. The summed E-state index contributed by atoms with van der Waals surface area (Å²) in [6.07, 6.45) is 3.50. The maximum Gasteiger partial charge on any atom is 0.267 e. The lowest BCUT2D eigenvalue weighted by atomic mass is 9.99. The second kappa shape index (κ2) is 4.52. The average Bonchev–Trinajstić information content (AvgIpc) is 2.64. The van der Waals surface area contributed by atoms with E-state index in [1.54, 1.807) is 24.3 Å². The molecule has 1 aromatic rings. The molecule has 1 heterocycles. The van der Waals surface area contributed by atoms with Crippen molar-refractivity contribution in [1.82, 2.24) is 0 Å². The van der Waals surface area contributed by atoms with E-state index in [4.69, 9.17) is 11.6 Å². The largest absolute Gasteiger partial charge is 0.268 e. The van der Waals surface area contributed by atoms with E-state index in [2.05, 4.69) is 0 Å². The SMILES string of the molecule is O=C1C2=C(CCCC2)S(=O)N1c1ccccc1Cl. The quantitative estimate of drug-likeness (QED) is 0.793. The van der Waals surface area contributed by atoms with E-state index in [0.717, 1.165) is 36.2 Å². The fraction of sp³-hybridized carbons (Fsp3) is 0.308. The summed E-state index contributed by atoms with van der Waals surface area (Å²) in [7, 11) is -1.39. The third-order valence-corrected chi connectivity index (χ3v) is 5.19. The first-order valence-corrected chi connectivity index (χ1v) is 7.41. The zero-order valence-corrected chi connectivity index (χ0v) is 11.3. The minimum absolute atomic E-state index is 0.142. The number of amides is 1. The number of allylic oxidation sites excluding steroid dienone is 1. The standard InChI is InChI=1S/C13H12ClNO2S/c14-10-6-2-3-7-11(10)15-13(16)9-5-1-4-8-12(9)18(15)17/h2-3,6-7H,1,4-5,8H2. The van der Waals surface area contributed by atoms with Gasteiger partial charge in [0.05, 0.1) is 10.7 Å². The minimum atomic E-state index is -1.39. The van der Waals surface area contributed by atoms with Crippen molar-refractivity contribution in [1.29, 1.82) is 0 Å². The van der Waals surface area contributed by atoms with Crippen molar-refractivity contribution in [2.75, 3.05) is 4.31 Å². The predicted octanol–water partition coefficient (Wildman–Crippen LogP) is 3.18. The Kier molecular flexibility index (Phi) is 2.99. The number of hydrogen-bond donors (Lipinski definition) is 0. The third-order valence-electron chi connectivity index (χ3n) is 3.31. The molecule has 5 heteroatoms. The van der Waals surface area contributed by atoms with Gasteiger partial charge in [-0.25, -0.2) is 8.51 Å². The fourth-order valence-electron chi connectivity index (χ4n) is 2.42. The van der Waals surface area contributed by atoms with Gasteiger partial charge in [0.15, 0.2) is 11.0 Å². The molecule has 0 fully saturated rings. The normalized spacial score (nSPS) is 23.5. The summed E-state index contributed by atoms with van der Waals surface area (Å²) in [5.41, 5.74) is 1.27. The molecule has 1 aromatic carbocycles. The summed E-state index contributed by atoms with van der Waals surface area (Å²) in [6.45, 7) is 0. The summed E-state index contributed by atoms with van der Waals surface area (Å²) < 4.78 is 13.7. The Hall–Kier alpha value is -1.13. The molecule has 1 aliphatic heterocycles. The van der Waals surface area contributed by atoms with Crippen molar-refractivity contribution in [2.24, 2.45) is 0 Å². The highest BCUT2D eigenvalue weighted by Crippen LogP contribution is 2.40. The molecule has 0 saturated carbocycles. The van der Waals surface area contributed by atoms with Crippen LogP contribution in [0.3, 0.4) is 0 Å². The molecule has 0 spiro atoms. The van der Waals surface area contributed by atoms with Crippen molar-refractivity contribution < 1.29 is 9.00 Å². The maximum atomic E-state index is 12.4. The molecular formula is C13H12ClNO2S. The van der Waals surface area contributed by atoms with Gasteiger partial charge in [-0.05, 0) is 37.8 Å². The molecule has 18 heavy (non-hydrogen) atoms. The van der Waals surface area contributed by atoms with Crippen molar-refractivity contribution >= 4 is 34.2 Å².